The van der Waals surface area contributed by atoms with Gasteiger partial charge in [-0.1, -0.05) is 30.1 Å². The van der Waals surface area contributed by atoms with E-state index < -0.39 is 11.7 Å². The van der Waals surface area contributed by atoms with Gasteiger partial charge in [0.2, 0.25) is 0 Å². The van der Waals surface area contributed by atoms with Crippen molar-refractivity contribution in [3.05, 3.63) is 35.4 Å². The maximum Gasteiger partial charge on any atom is 0.416 e. The second-order valence-corrected chi connectivity index (χ2v) is 8.17. The Bertz CT molecular complexity index is 589. The first kappa shape index (κ1) is 21.0. The molecule has 2 atom stereocenters. The summed E-state index contributed by atoms with van der Waals surface area (Å²) < 4.78 is 49.4. The van der Waals surface area contributed by atoms with Gasteiger partial charge in [0.15, 0.2) is 0 Å². The number of hydrogen-bond donors (Lipinski definition) is 2. The average Bonchev–Trinajstić information content (AvgIpc) is 2.67. The van der Waals surface area contributed by atoms with E-state index in [0.717, 1.165) is 38.6 Å². The van der Waals surface area contributed by atoms with Gasteiger partial charge in [-0.2, -0.15) is 13.2 Å². The Labute approximate surface area is 163 Å². The van der Waals surface area contributed by atoms with Crippen LogP contribution < -0.4 is 10.0 Å². The third-order valence-corrected chi connectivity index (χ3v) is 6.28. The molecule has 3 nitrogen and oxygen atoms in total. The van der Waals surface area contributed by atoms with Crippen LogP contribution in [-0.4, -0.2) is 37.6 Å². The lowest BCUT2D eigenvalue weighted by Gasteiger charge is -2.35. The Morgan fingerprint density at radius 2 is 1.89 bits per heavy atom. The number of benzene rings is 1. The van der Waals surface area contributed by atoms with E-state index in [-0.39, 0.29) is 12.0 Å². The van der Waals surface area contributed by atoms with Crippen molar-refractivity contribution in [2.75, 3.05) is 19.4 Å². The molecular weight excluding hydrogens is 373 g/mol. The maximum atomic E-state index is 13.3. The third kappa shape index (κ3) is 5.62. The van der Waals surface area contributed by atoms with E-state index in [4.69, 9.17) is 4.74 Å². The first-order valence-electron chi connectivity index (χ1n) is 9.78. The number of piperidine rings is 1. The average molecular weight is 403 g/mol. The standard InChI is InChI=1S/C20H29F3N2OS/c1-27-25-18-7-4-12-24-19(18)13-26-15-10-8-14(9-11-15)16-5-2-3-6-17(16)20(21,22)23/h2-3,5-6,14-15,18-19,24-25H,4,7-13H2,1H3/t14?,15?,18-,19-/m0/s1. The molecule has 152 valence electrons. The minimum absolute atomic E-state index is 0.0265. The van der Waals surface area contributed by atoms with Crippen LogP contribution in [0.3, 0.4) is 0 Å². The van der Waals surface area contributed by atoms with Crippen LogP contribution in [0.5, 0.6) is 0 Å². The second-order valence-electron chi connectivity index (χ2n) is 7.52. The van der Waals surface area contributed by atoms with Crippen LogP contribution in [0.1, 0.15) is 55.6 Å². The molecule has 1 aromatic carbocycles. The molecule has 2 N–H and O–H groups in total. The first-order chi connectivity index (χ1) is 13.0. The Morgan fingerprint density at radius 1 is 1.15 bits per heavy atom. The van der Waals surface area contributed by atoms with E-state index in [1.54, 1.807) is 24.1 Å². The van der Waals surface area contributed by atoms with E-state index in [1.165, 1.54) is 18.6 Å². The van der Waals surface area contributed by atoms with Crippen molar-refractivity contribution in [3.63, 3.8) is 0 Å². The lowest BCUT2D eigenvalue weighted by molar-refractivity contribution is -0.138. The van der Waals surface area contributed by atoms with Crippen LogP contribution in [0.25, 0.3) is 0 Å². The fourth-order valence-corrected chi connectivity index (χ4v) is 4.90. The number of alkyl halides is 3. The van der Waals surface area contributed by atoms with E-state index in [2.05, 4.69) is 10.0 Å². The van der Waals surface area contributed by atoms with Crippen molar-refractivity contribution >= 4 is 11.9 Å². The highest BCUT2D eigenvalue weighted by Crippen LogP contribution is 2.41. The van der Waals surface area contributed by atoms with Crippen molar-refractivity contribution in [1.29, 1.82) is 0 Å². The Kier molecular flexibility index (Phi) is 7.48. The van der Waals surface area contributed by atoms with Crippen LogP contribution in [-0.2, 0) is 10.9 Å². The summed E-state index contributed by atoms with van der Waals surface area (Å²) in [5.74, 6) is -0.0265. The normalized spacial score (nSPS) is 29.6. The topological polar surface area (TPSA) is 33.3 Å². The van der Waals surface area contributed by atoms with Crippen LogP contribution >= 0.6 is 11.9 Å². The largest absolute Gasteiger partial charge is 0.416 e. The van der Waals surface area contributed by atoms with Crippen molar-refractivity contribution in [2.45, 2.75) is 68.8 Å². The number of rotatable bonds is 6. The molecule has 0 spiro atoms. The van der Waals surface area contributed by atoms with Gasteiger partial charge in [-0.3, -0.25) is 4.72 Å². The molecule has 0 radical (unpaired) electrons. The van der Waals surface area contributed by atoms with Crippen LogP contribution in [0.2, 0.25) is 0 Å². The zero-order valence-corrected chi connectivity index (χ0v) is 16.5. The number of nitrogens with one attached hydrogen (secondary N) is 2. The van der Waals surface area contributed by atoms with Crippen LogP contribution in [0, 0.1) is 0 Å². The Hall–Kier alpha value is -0.760. The third-order valence-electron chi connectivity index (χ3n) is 5.75. The molecule has 0 unspecified atom stereocenters. The van der Waals surface area contributed by atoms with E-state index in [0.29, 0.717) is 24.3 Å². The van der Waals surface area contributed by atoms with Gasteiger partial charge < -0.3 is 10.1 Å². The van der Waals surface area contributed by atoms with Gasteiger partial charge in [0.05, 0.1) is 18.3 Å². The molecule has 1 saturated carbocycles. The number of hydrogen-bond acceptors (Lipinski definition) is 4. The second kappa shape index (κ2) is 9.63. The van der Waals surface area contributed by atoms with Crippen molar-refractivity contribution in [1.82, 2.24) is 10.0 Å². The van der Waals surface area contributed by atoms with Gasteiger partial charge in [0, 0.05) is 12.1 Å². The van der Waals surface area contributed by atoms with Gasteiger partial charge in [-0.25, -0.2) is 0 Å². The van der Waals surface area contributed by atoms with E-state index >= 15 is 0 Å². The molecule has 1 saturated heterocycles. The van der Waals surface area contributed by atoms with Crippen LogP contribution in [0.4, 0.5) is 13.2 Å². The highest BCUT2D eigenvalue weighted by atomic mass is 32.2. The van der Waals surface area contributed by atoms with Crippen molar-refractivity contribution < 1.29 is 17.9 Å². The van der Waals surface area contributed by atoms with E-state index in [1.807, 2.05) is 6.26 Å². The smallest absolute Gasteiger partial charge is 0.377 e. The molecule has 1 aliphatic carbocycles. The molecule has 0 bridgehead atoms. The summed E-state index contributed by atoms with van der Waals surface area (Å²) in [5.41, 5.74) is -0.0339. The monoisotopic (exact) mass is 402 g/mol. The molecule has 0 amide bonds. The molecule has 27 heavy (non-hydrogen) atoms. The molecule has 1 heterocycles. The molecule has 3 rings (SSSR count). The van der Waals surface area contributed by atoms with Gasteiger partial charge in [-0.05, 0) is 68.9 Å². The SMILES string of the molecule is CSN[C@H]1CCCN[C@H]1COC1CCC(c2ccccc2C(F)(F)F)CC1. The summed E-state index contributed by atoms with van der Waals surface area (Å²) in [5, 5.41) is 3.53. The molecule has 1 aliphatic heterocycles. The summed E-state index contributed by atoms with van der Waals surface area (Å²) in [6, 6.07) is 6.72. The lowest BCUT2D eigenvalue weighted by atomic mass is 9.81. The summed E-state index contributed by atoms with van der Waals surface area (Å²) >= 11 is 1.64. The summed E-state index contributed by atoms with van der Waals surface area (Å²) in [6.07, 6.45) is 3.36. The number of ether oxygens (including phenoxy) is 1. The fourth-order valence-electron chi connectivity index (χ4n) is 4.31. The van der Waals surface area contributed by atoms with E-state index in [9.17, 15) is 13.2 Å². The van der Waals surface area contributed by atoms with Crippen molar-refractivity contribution in [3.8, 4) is 0 Å². The highest BCUT2D eigenvalue weighted by molar-refractivity contribution is 7.96. The highest BCUT2D eigenvalue weighted by Gasteiger charge is 2.36. The van der Waals surface area contributed by atoms with Gasteiger partial charge in [0.1, 0.15) is 0 Å². The molecule has 2 fully saturated rings. The van der Waals surface area contributed by atoms with Crippen LogP contribution in [0.15, 0.2) is 24.3 Å². The first-order valence-corrected chi connectivity index (χ1v) is 11.0. The summed E-state index contributed by atoms with van der Waals surface area (Å²) in [4.78, 5) is 0. The van der Waals surface area contributed by atoms with Gasteiger partial charge >= 0.3 is 6.18 Å². The maximum absolute atomic E-state index is 13.3. The Morgan fingerprint density at radius 3 is 2.59 bits per heavy atom. The van der Waals surface area contributed by atoms with Gasteiger partial charge in [0.25, 0.3) is 0 Å². The lowest BCUT2D eigenvalue weighted by Crippen LogP contribution is -2.52. The fraction of sp³-hybridized carbons (Fsp3) is 0.700. The number of halogens is 3. The van der Waals surface area contributed by atoms with Gasteiger partial charge in [-0.15, -0.1) is 0 Å². The summed E-state index contributed by atoms with van der Waals surface area (Å²) in [6.45, 7) is 1.67. The van der Waals surface area contributed by atoms with Crippen molar-refractivity contribution in [2.24, 2.45) is 0 Å². The molecule has 1 aromatic rings. The predicted molar refractivity (Wildman–Crippen MR) is 104 cm³/mol. The molecule has 2 aliphatic rings. The minimum atomic E-state index is -4.28. The molecular formula is C20H29F3N2OS. The zero-order chi connectivity index (χ0) is 19.3. The zero-order valence-electron chi connectivity index (χ0n) is 15.7. The predicted octanol–water partition coefficient (Wildman–Crippen LogP) is 4.74. The quantitative estimate of drug-likeness (QED) is 0.674. The Balaban J connectivity index is 1.51. The molecule has 0 aromatic heterocycles. The summed E-state index contributed by atoms with van der Waals surface area (Å²) in [7, 11) is 0. The minimum Gasteiger partial charge on any atom is -0.377 e. The molecule has 7 heteroatoms.